The molecule has 2 aromatic heterocycles. The number of aryl methyl sites for hydroxylation is 1. The number of likely N-dealkylation sites (tertiary alicyclic amines) is 1. The van der Waals surface area contributed by atoms with Crippen LogP contribution in [-0.2, 0) is 14.8 Å². The van der Waals surface area contributed by atoms with Gasteiger partial charge in [0.25, 0.3) is 10.0 Å². The van der Waals surface area contributed by atoms with Gasteiger partial charge in [-0.3, -0.25) is 9.62 Å². The summed E-state index contributed by atoms with van der Waals surface area (Å²) in [6.07, 6.45) is -1.65. The number of carboxylic acid groups (broad SMARTS) is 1. The number of anilines is 1. The summed E-state index contributed by atoms with van der Waals surface area (Å²) in [5.41, 5.74) is 3.64. The number of halogens is 3. The van der Waals surface area contributed by atoms with Crippen LogP contribution in [0.1, 0.15) is 36.9 Å². The second-order valence-electron chi connectivity index (χ2n) is 8.51. The van der Waals surface area contributed by atoms with Gasteiger partial charge >= 0.3 is 12.1 Å². The van der Waals surface area contributed by atoms with Gasteiger partial charge in [0.1, 0.15) is 11.9 Å². The molecule has 14 heteroatoms. The summed E-state index contributed by atoms with van der Waals surface area (Å²) in [7, 11) is -3.78. The molecule has 1 aromatic carbocycles. The highest BCUT2D eigenvalue weighted by molar-refractivity contribution is 7.92. The molecule has 9 nitrogen and oxygen atoms in total. The lowest BCUT2D eigenvalue weighted by Crippen LogP contribution is -2.39. The lowest BCUT2D eigenvalue weighted by molar-refractivity contribution is -0.192. The Morgan fingerprint density at radius 3 is 2.37 bits per heavy atom. The molecule has 2 N–H and O–H groups in total. The highest BCUT2D eigenvalue weighted by Gasteiger charge is 2.38. The topological polar surface area (TPSA) is 122 Å². The number of ether oxygens (including phenoxy) is 1. The first-order valence-electron chi connectivity index (χ1n) is 11.5. The fraction of sp³-hybridized carbons (Fsp3) is 0.375. The van der Waals surface area contributed by atoms with Crippen LogP contribution in [0.4, 0.5) is 19.0 Å². The molecular weight excluding hydrogens is 545 g/mol. The summed E-state index contributed by atoms with van der Waals surface area (Å²) >= 11 is 1.32. The van der Waals surface area contributed by atoms with Crippen molar-refractivity contribution in [1.82, 2.24) is 14.9 Å². The zero-order chi connectivity index (χ0) is 27.9. The number of carbonyl (C=O) groups is 1. The van der Waals surface area contributed by atoms with Crippen LogP contribution >= 0.6 is 11.3 Å². The normalized spacial score (nSPS) is 15.7. The maximum absolute atomic E-state index is 12.5. The summed E-state index contributed by atoms with van der Waals surface area (Å²) in [5, 5.41) is 8.71. The molecule has 1 fully saturated rings. The number of hydrogen-bond donors (Lipinski definition) is 2. The minimum atomic E-state index is -5.08. The number of hydrogen-bond acceptors (Lipinski definition) is 8. The van der Waals surface area contributed by atoms with E-state index in [0.29, 0.717) is 17.6 Å². The Morgan fingerprint density at radius 1 is 1.21 bits per heavy atom. The van der Waals surface area contributed by atoms with Gasteiger partial charge in [-0.25, -0.2) is 14.8 Å². The summed E-state index contributed by atoms with van der Waals surface area (Å²) in [4.78, 5) is 19.5. The van der Waals surface area contributed by atoms with Gasteiger partial charge in [-0.05, 0) is 43.9 Å². The molecular formula is C24H27F3N4O5S2. The SMILES string of the molecule is Cc1cc(S(=O)(=O)Nc2cscn2)ncc1OC1CCN([C@H](C)c2ccccc2)CC1.O=C(O)C(F)(F)F. The third-order valence-electron chi connectivity index (χ3n) is 5.83. The zero-order valence-corrected chi connectivity index (χ0v) is 22.2. The van der Waals surface area contributed by atoms with Gasteiger partial charge in [0, 0.05) is 24.5 Å². The highest BCUT2D eigenvalue weighted by atomic mass is 32.2. The molecule has 0 bridgehead atoms. The van der Waals surface area contributed by atoms with Crippen LogP contribution in [-0.4, -0.2) is 59.7 Å². The van der Waals surface area contributed by atoms with Crippen LogP contribution < -0.4 is 9.46 Å². The summed E-state index contributed by atoms with van der Waals surface area (Å²) in [6.45, 7) is 5.99. The van der Waals surface area contributed by atoms with E-state index >= 15 is 0 Å². The van der Waals surface area contributed by atoms with E-state index in [1.165, 1.54) is 29.2 Å². The Labute approximate surface area is 222 Å². The number of thiazole rings is 1. The van der Waals surface area contributed by atoms with Crippen molar-refractivity contribution in [2.75, 3.05) is 17.8 Å². The molecule has 0 saturated carbocycles. The molecule has 0 unspecified atom stereocenters. The van der Waals surface area contributed by atoms with Crippen molar-refractivity contribution in [2.45, 2.75) is 50.0 Å². The molecule has 4 rings (SSSR count). The van der Waals surface area contributed by atoms with Crippen molar-refractivity contribution in [3.63, 3.8) is 0 Å². The molecule has 1 aliphatic rings. The number of nitrogens with zero attached hydrogens (tertiary/aromatic N) is 3. The van der Waals surface area contributed by atoms with Crippen LogP contribution in [0.3, 0.4) is 0 Å². The number of piperidine rings is 1. The number of sulfonamides is 1. The van der Waals surface area contributed by atoms with Crippen LogP contribution in [0.5, 0.6) is 5.75 Å². The van der Waals surface area contributed by atoms with E-state index in [0.717, 1.165) is 31.5 Å². The van der Waals surface area contributed by atoms with E-state index in [1.807, 2.05) is 13.0 Å². The van der Waals surface area contributed by atoms with Crippen LogP contribution in [0.15, 0.2) is 58.5 Å². The molecule has 1 atom stereocenters. The smallest absolute Gasteiger partial charge is 0.488 e. The Hall–Kier alpha value is -3.23. The Bertz CT molecular complexity index is 1300. The number of nitrogens with one attached hydrogen (secondary N) is 1. The van der Waals surface area contributed by atoms with Gasteiger partial charge in [0.15, 0.2) is 10.8 Å². The van der Waals surface area contributed by atoms with E-state index in [9.17, 15) is 21.6 Å². The third kappa shape index (κ3) is 8.13. The number of aromatic nitrogens is 2. The summed E-state index contributed by atoms with van der Waals surface area (Å²) in [6, 6.07) is 12.4. The van der Waals surface area contributed by atoms with Gasteiger partial charge in [-0.1, -0.05) is 30.3 Å². The number of aliphatic carboxylic acids is 1. The van der Waals surface area contributed by atoms with Crippen molar-refractivity contribution in [1.29, 1.82) is 0 Å². The van der Waals surface area contributed by atoms with Crippen LogP contribution in [0.2, 0.25) is 0 Å². The molecule has 38 heavy (non-hydrogen) atoms. The number of alkyl halides is 3. The first-order chi connectivity index (χ1) is 17.9. The van der Waals surface area contributed by atoms with Gasteiger partial charge in [0.2, 0.25) is 0 Å². The van der Waals surface area contributed by atoms with Crippen LogP contribution in [0, 0.1) is 6.92 Å². The van der Waals surface area contributed by atoms with Crippen molar-refractivity contribution in [3.8, 4) is 5.75 Å². The standard InChI is InChI=1S/C22H26N4O3S2.C2HF3O2/c1-16-12-22(31(27,28)25-21-14-30-15-24-21)23-13-20(16)29-19-8-10-26(11-9-19)17(2)18-6-4-3-5-7-18;3-2(4,5)1(6)7/h3-7,12-15,17,19,25H,8-11H2,1-2H3;(H,6,7)/t17-;/m1./s1. The monoisotopic (exact) mass is 572 g/mol. The fourth-order valence-electron chi connectivity index (χ4n) is 3.74. The van der Waals surface area contributed by atoms with Crippen molar-refractivity contribution in [2.24, 2.45) is 0 Å². The van der Waals surface area contributed by atoms with Gasteiger partial charge in [-0.2, -0.15) is 21.6 Å². The maximum Gasteiger partial charge on any atom is 0.490 e. The van der Waals surface area contributed by atoms with Crippen molar-refractivity contribution in [3.05, 3.63) is 64.6 Å². The average Bonchev–Trinajstić information content (AvgIpc) is 3.38. The molecule has 0 radical (unpaired) electrons. The quantitative estimate of drug-likeness (QED) is 0.411. The average molecular weight is 573 g/mol. The number of rotatable bonds is 7. The number of carboxylic acids is 1. The number of pyridine rings is 1. The summed E-state index contributed by atoms with van der Waals surface area (Å²) in [5.74, 6) is -1.84. The Kier molecular flexibility index (Phi) is 9.68. The predicted octanol–water partition coefficient (Wildman–Crippen LogP) is 4.89. The molecule has 0 aliphatic carbocycles. The van der Waals surface area contributed by atoms with Gasteiger partial charge < -0.3 is 9.84 Å². The van der Waals surface area contributed by atoms with E-state index < -0.39 is 22.2 Å². The Balaban J connectivity index is 0.000000505. The number of benzene rings is 1. The third-order valence-corrected chi connectivity index (χ3v) is 7.66. The van der Waals surface area contributed by atoms with E-state index in [1.54, 1.807) is 10.9 Å². The van der Waals surface area contributed by atoms with Gasteiger partial charge in [-0.15, -0.1) is 11.3 Å². The molecule has 3 heterocycles. The second kappa shape index (κ2) is 12.5. The van der Waals surface area contributed by atoms with E-state index in [2.05, 4.69) is 50.8 Å². The van der Waals surface area contributed by atoms with Crippen molar-refractivity contribution < 1.29 is 36.2 Å². The van der Waals surface area contributed by atoms with E-state index in [-0.39, 0.29) is 11.1 Å². The zero-order valence-electron chi connectivity index (χ0n) is 20.6. The second-order valence-corrected chi connectivity index (χ2v) is 10.9. The molecule has 3 aromatic rings. The first-order valence-corrected chi connectivity index (χ1v) is 13.9. The highest BCUT2D eigenvalue weighted by Crippen LogP contribution is 2.28. The molecule has 1 saturated heterocycles. The van der Waals surface area contributed by atoms with Crippen LogP contribution in [0.25, 0.3) is 0 Å². The summed E-state index contributed by atoms with van der Waals surface area (Å²) < 4.78 is 65.4. The fourth-order valence-corrected chi connectivity index (χ4v) is 5.32. The first kappa shape index (κ1) is 29.3. The molecule has 0 spiro atoms. The Morgan fingerprint density at radius 2 is 1.84 bits per heavy atom. The lowest BCUT2D eigenvalue weighted by Gasteiger charge is -2.36. The minimum Gasteiger partial charge on any atom is -0.488 e. The molecule has 206 valence electrons. The predicted molar refractivity (Wildman–Crippen MR) is 136 cm³/mol. The lowest BCUT2D eigenvalue weighted by atomic mass is 10.0. The molecule has 1 aliphatic heterocycles. The van der Waals surface area contributed by atoms with Crippen molar-refractivity contribution >= 4 is 33.1 Å². The largest absolute Gasteiger partial charge is 0.490 e. The molecule has 0 amide bonds. The maximum atomic E-state index is 12.5. The minimum absolute atomic E-state index is 0.0446. The van der Waals surface area contributed by atoms with E-state index in [4.69, 9.17) is 14.6 Å². The van der Waals surface area contributed by atoms with Gasteiger partial charge in [0.05, 0.1) is 11.7 Å².